The Morgan fingerprint density at radius 3 is 2.64 bits per heavy atom. The second kappa shape index (κ2) is 5.52. The first kappa shape index (κ1) is 11.7. The molecule has 0 aliphatic carbocycles. The molecule has 0 saturated carbocycles. The van der Waals surface area contributed by atoms with E-state index in [0.29, 0.717) is 0 Å². The van der Waals surface area contributed by atoms with E-state index in [0.717, 1.165) is 13.1 Å². The van der Waals surface area contributed by atoms with Gasteiger partial charge in [-0.1, -0.05) is 12.2 Å². The molecule has 0 saturated heterocycles. The Bertz CT molecular complexity index is 179. The lowest BCUT2D eigenvalue weighted by Gasteiger charge is -2.25. The molecule has 0 unspecified atom stereocenters. The van der Waals surface area contributed by atoms with Crippen LogP contribution in [0.25, 0.3) is 0 Å². The fraction of sp³-hybridized carbons (Fsp3) is 0.833. The number of hydrogen-bond donors (Lipinski definition) is 1. The fourth-order valence-electron chi connectivity index (χ4n) is 1.66. The van der Waals surface area contributed by atoms with E-state index in [1.807, 2.05) is 0 Å². The van der Waals surface area contributed by atoms with Crippen molar-refractivity contribution in [3.05, 3.63) is 12.2 Å². The maximum absolute atomic E-state index is 3.52. The summed E-state index contributed by atoms with van der Waals surface area (Å²) in [6, 6.07) is 0. The third-order valence-corrected chi connectivity index (χ3v) is 2.45. The van der Waals surface area contributed by atoms with Gasteiger partial charge in [0.1, 0.15) is 0 Å². The average Bonchev–Trinajstić information content (AvgIpc) is 2.13. The van der Waals surface area contributed by atoms with Gasteiger partial charge in [0.25, 0.3) is 0 Å². The standard InChI is InChI=1S/C12H24N2/c1-12(2,3)13-8-7-11-14-9-5-4-6-10-14/h4-5,13H,6-11H2,1-3H3. The van der Waals surface area contributed by atoms with E-state index in [1.54, 1.807) is 0 Å². The van der Waals surface area contributed by atoms with Crippen LogP contribution in [0.2, 0.25) is 0 Å². The highest BCUT2D eigenvalue weighted by Crippen LogP contribution is 2.02. The van der Waals surface area contributed by atoms with Crippen LogP contribution in [0, 0.1) is 0 Å². The van der Waals surface area contributed by atoms with Gasteiger partial charge >= 0.3 is 0 Å². The summed E-state index contributed by atoms with van der Waals surface area (Å²) in [5, 5.41) is 3.52. The van der Waals surface area contributed by atoms with Crippen molar-refractivity contribution in [3.63, 3.8) is 0 Å². The van der Waals surface area contributed by atoms with Gasteiger partial charge in [-0.3, -0.25) is 4.90 Å². The highest BCUT2D eigenvalue weighted by molar-refractivity contribution is 4.90. The molecule has 0 bridgehead atoms. The molecule has 1 N–H and O–H groups in total. The van der Waals surface area contributed by atoms with Gasteiger partial charge in [0.2, 0.25) is 0 Å². The zero-order valence-electron chi connectivity index (χ0n) is 9.84. The van der Waals surface area contributed by atoms with Gasteiger partial charge < -0.3 is 5.32 Å². The average molecular weight is 196 g/mol. The first-order valence-corrected chi connectivity index (χ1v) is 5.70. The van der Waals surface area contributed by atoms with Crippen LogP contribution >= 0.6 is 0 Å². The minimum atomic E-state index is 0.266. The summed E-state index contributed by atoms with van der Waals surface area (Å²) >= 11 is 0. The molecule has 2 heteroatoms. The van der Waals surface area contributed by atoms with Gasteiger partial charge in [0.15, 0.2) is 0 Å². The lowest BCUT2D eigenvalue weighted by molar-refractivity contribution is 0.286. The van der Waals surface area contributed by atoms with Crippen molar-refractivity contribution in [1.82, 2.24) is 10.2 Å². The summed E-state index contributed by atoms with van der Waals surface area (Å²) in [5.41, 5.74) is 0.266. The van der Waals surface area contributed by atoms with Gasteiger partial charge in [0.05, 0.1) is 0 Å². The topological polar surface area (TPSA) is 15.3 Å². The van der Waals surface area contributed by atoms with E-state index in [9.17, 15) is 0 Å². The lowest BCUT2D eigenvalue weighted by Crippen LogP contribution is -2.38. The van der Waals surface area contributed by atoms with E-state index in [4.69, 9.17) is 0 Å². The third kappa shape index (κ3) is 5.40. The van der Waals surface area contributed by atoms with E-state index in [-0.39, 0.29) is 5.54 Å². The lowest BCUT2D eigenvalue weighted by atomic mass is 10.1. The second-order valence-corrected chi connectivity index (χ2v) is 5.09. The molecule has 1 aliphatic rings. The van der Waals surface area contributed by atoms with Gasteiger partial charge in [-0.2, -0.15) is 0 Å². The molecule has 0 fully saturated rings. The summed E-state index contributed by atoms with van der Waals surface area (Å²) in [4.78, 5) is 2.52. The summed E-state index contributed by atoms with van der Waals surface area (Å²) in [6.45, 7) is 11.4. The van der Waals surface area contributed by atoms with Crippen molar-refractivity contribution in [2.45, 2.75) is 39.2 Å². The molecule has 82 valence electrons. The highest BCUT2D eigenvalue weighted by Gasteiger charge is 2.09. The van der Waals surface area contributed by atoms with Crippen LogP contribution in [0.4, 0.5) is 0 Å². The molecular weight excluding hydrogens is 172 g/mol. The molecule has 0 amide bonds. The van der Waals surface area contributed by atoms with Crippen LogP contribution in [0.3, 0.4) is 0 Å². The predicted molar refractivity (Wildman–Crippen MR) is 62.6 cm³/mol. The van der Waals surface area contributed by atoms with Gasteiger partial charge in [-0.15, -0.1) is 0 Å². The van der Waals surface area contributed by atoms with Crippen LogP contribution in [0.1, 0.15) is 33.6 Å². The molecular formula is C12H24N2. The SMILES string of the molecule is CC(C)(C)NCCCN1CC=CCC1. The van der Waals surface area contributed by atoms with Crippen molar-refractivity contribution < 1.29 is 0 Å². The summed E-state index contributed by atoms with van der Waals surface area (Å²) in [5.74, 6) is 0. The van der Waals surface area contributed by atoms with Crippen molar-refractivity contribution in [2.75, 3.05) is 26.2 Å². The number of nitrogens with one attached hydrogen (secondary N) is 1. The molecule has 0 atom stereocenters. The Morgan fingerprint density at radius 2 is 2.07 bits per heavy atom. The molecule has 0 aromatic heterocycles. The van der Waals surface area contributed by atoms with Gasteiger partial charge in [0, 0.05) is 18.6 Å². The van der Waals surface area contributed by atoms with Crippen molar-refractivity contribution in [2.24, 2.45) is 0 Å². The molecule has 0 radical (unpaired) electrons. The maximum atomic E-state index is 3.52. The van der Waals surface area contributed by atoms with Gasteiger partial charge in [-0.25, -0.2) is 0 Å². The van der Waals surface area contributed by atoms with Crippen molar-refractivity contribution in [3.8, 4) is 0 Å². The van der Waals surface area contributed by atoms with E-state index in [2.05, 4.69) is 43.1 Å². The van der Waals surface area contributed by atoms with Crippen molar-refractivity contribution in [1.29, 1.82) is 0 Å². The molecule has 0 aromatic rings. The third-order valence-electron chi connectivity index (χ3n) is 2.45. The molecule has 14 heavy (non-hydrogen) atoms. The van der Waals surface area contributed by atoms with Crippen LogP contribution in [-0.4, -0.2) is 36.6 Å². The first-order valence-electron chi connectivity index (χ1n) is 5.70. The second-order valence-electron chi connectivity index (χ2n) is 5.09. The first-order chi connectivity index (χ1) is 6.58. The Kier molecular flexibility index (Phi) is 4.63. The monoisotopic (exact) mass is 196 g/mol. The molecule has 0 aromatic carbocycles. The van der Waals surface area contributed by atoms with Crippen LogP contribution in [0.5, 0.6) is 0 Å². The smallest absolute Gasteiger partial charge is 0.0163 e. The highest BCUT2D eigenvalue weighted by atomic mass is 15.1. The quantitative estimate of drug-likeness (QED) is 0.547. The molecule has 0 spiro atoms. The minimum Gasteiger partial charge on any atom is -0.312 e. The van der Waals surface area contributed by atoms with Crippen LogP contribution in [-0.2, 0) is 0 Å². The van der Waals surface area contributed by atoms with E-state index < -0.39 is 0 Å². The molecule has 1 aliphatic heterocycles. The van der Waals surface area contributed by atoms with Crippen LogP contribution in [0.15, 0.2) is 12.2 Å². The number of hydrogen-bond acceptors (Lipinski definition) is 2. The van der Waals surface area contributed by atoms with Crippen LogP contribution < -0.4 is 5.32 Å². The summed E-state index contributed by atoms with van der Waals surface area (Å²) in [6.07, 6.45) is 7.04. The normalized spacial score (nSPS) is 18.8. The minimum absolute atomic E-state index is 0.266. The maximum Gasteiger partial charge on any atom is 0.0163 e. The van der Waals surface area contributed by atoms with Crippen molar-refractivity contribution >= 4 is 0 Å². The molecule has 2 nitrogen and oxygen atoms in total. The Morgan fingerprint density at radius 1 is 1.29 bits per heavy atom. The molecule has 1 rings (SSSR count). The predicted octanol–water partition coefficient (Wildman–Crippen LogP) is 2.03. The number of nitrogens with zero attached hydrogens (tertiary/aromatic N) is 1. The van der Waals surface area contributed by atoms with Gasteiger partial charge in [-0.05, 0) is 46.7 Å². The van der Waals surface area contributed by atoms with E-state index in [1.165, 1.54) is 25.9 Å². The van der Waals surface area contributed by atoms with E-state index >= 15 is 0 Å². The largest absolute Gasteiger partial charge is 0.312 e. The Balaban J connectivity index is 2.01. The summed E-state index contributed by atoms with van der Waals surface area (Å²) < 4.78 is 0. The zero-order valence-corrected chi connectivity index (χ0v) is 9.84. The Hall–Kier alpha value is -0.340. The fourth-order valence-corrected chi connectivity index (χ4v) is 1.66. The zero-order chi connectivity index (χ0) is 10.4. The Labute approximate surface area is 88.4 Å². The summed E-state index contributed by atoms with van der Waals surface area (Å²) in [7, 11) is 0. The number of rotatable bonds is 4. The molecule has 1 heterocycles.